The number of benzene rings is 2. The summed E-state index contributed by atoms with van der Waals surface area (Å²) < 4.78 is 0. The predicted molar refractivity (Wildman–Crippen MR) is 117 cm³/mol. The van der Waals surface area contributed by atoms with E-state index in [0.29, 0.717) is 79.5 Å². The molecule has 7 rings (SSSR count). The predicted octanol–water partition coefficient (Wildman–Crippen LogP) is -12.6. The third-order valence-electron chi connectivity index (χ3n) is 7.46. The van der Waals surface area contributed by atoms with Crippen molar-refractivity contribution < 1.29 is 226 Å². The zero-order valence-electron chi connectivity index (χ0n) is 22.0. The number of hydrogen-bond acceptors (Lipinski definition) is 6. The minimum Gasteiger partial charge on any atom is -0.845 e. The first-order valence-corrected chi connectivity index (χ1v) is 11.4. The van der Waals surface area contributed by atoms with E-state index in [0.717, 1.165) is 0 Å². The van der Waals surface area contributed by atoms with Crippen molar-refractivity contribution in [2.45, 2.75) is 37.3 Å². The molecule has 0 aliphatic heterocycles. The molecule has 0 saturated carbocycles. The molecule has 168 valence electrons. The fourth-order valence-electron chi connectivity index (χ4n) is 5.82. The van der Waals surface area contributed by atoms with Gasteiger partial charge < -0.3 is 20.4 Å². The normalized spacial score (nSPS) is 23.5. The SMILES string of the molecule is [K+].[K+].[K+].[K+].[O-]C1C2=C(c3nc4c(nc3=CC2)C2=C(CC=4)C([O-])c3ccccc3C2[O-])C([O-])c2ccccc21. The minimum atomic E-state index is -1.21. The standard InChI is InChI=1S/C28H18N2O4.4K/c31-25-13-5-1-3-7-15(13)27(33)21-17(25)9-11-19-23(21)29-20-12-10-18-22(24(20)30-19)28(34)16-8-4-2-6-14(16)26(18)32;;;;/h1-8,11-12,25-28H,9-10H2;;;;/q-4;4*+1. The van der Waals surface area contributed by atoms with Gasteiger partial charge in [0, 0.05) is 0 Å². The molecule has 3 aromatic rings. The van der Waals surface area contributed by atoms with Gasteiger partial charge >= 0.3 is 206 Å². The van der Waals surface area contributed by atoms with Crippen LogP contribution in [0.4, 0.5) is 0 Å². The summed E-state index contributed by atoms with van der Waals surface area (Å²) in [6, 6.07) is 14.0. The quantitative estimate of drug-likeness (QED) is 0.236. The Bertz CT molecular complexity index is 1490. The van der Waals surface area contributed by atoms with Crippen LogP contribution >= 0.6 is 0 Å². The van der Waals surface area contributed by atoms with Crippen molar-refractivity contribution in [1.29, 1.82) is 0 Å². The Morgan fingerprint density at radius 3 is 1.16 bits per heavy atom. The molecule has 0 bridgehead atoms. The molecule has 4 unspecified atom stereocenters. The van der Waals surface area contributed by atoms with E-state index in [4.69, 9.17) is 9.97 Å². The molecule has 0 saturated heterocycles. The van der Waals surface area contributed by atoms with Gasteiger partial charge in [0.05, 0.1) is 22.1 Å². The second kappa shape index (κ2) is 14.5. The van der Waals surface area contributed by atoms with Crippen molar-refractivity contribution in [1.82, 2.24) is 9.97 Å². The van der Waals surface area contributed by atoms with E-state index in [1.54, 1.807) is 48.5 Å². The van der Waals surface area contributed by atoms with Crippen molar-refractivity contribution in [3.8, 4) is 0 Å². The van der Waals surface area contributed by atoms with Gasteiger partial charge in [-0.15, -0.1) is 0 Å². The molecule has 0 amide bonds. The van der Waals surface area contributed by atoms with Crippen molar-refractivity contribution >= 4 is 23.3 Å². The Morgan fingerprint density at radius 1 is 0.500 bits per heavy atom. The van der Waals surface area contributed by atoms with E-state index in [2.05, 4.69) is 0 Å². The summed E-state index contributed by atoms with van der Waals surface area (Å²) >= 11 is 0. The molecule has 6 nitrogen and oxygen atoms in total. The molecule has 10 heteroatoms. The van der Waals surface area contributed by atoms with Gasteiger partial charge in [0.1, 0.15) is 0 Å². The monoisotopic (exact) mass is 602 g/mol. The topological polar surface area (TPSA) is 118 Å². The summed E-state index contributed by atoms with van der Waals surface area (Å²) in [5, 5.41) is 54.4. The second-order valence-electron chi connectivity index (χ2n) is 9.16. The first-order chi connectivity index (χ1) is 16.5. The smallest absolute Gasteiger partial charge is 0.845 e. The fraction of sp³-hybridized carbons (Fsp3) is 0.214. The van der Waals surface area contributed by atoms with Crippen LogP contribution in [0.1, 0.15) is 70.9 Å². The fourth-order valence-corrected chi connectivity index (χ4v) is 5.82. The van der Waals surface area contributed by atoms with Crippen LogP contribution in [0.2, 0.25) is 0 Å². The molecule has 2 aromatic carbocycles. The average molecular weight is 603 g/mol. The van der Waals surface area contributed by atoms with Gasteiger partial charge in [0.2, 0.25) is 0 Å². The van der Waals surface area contributed by atoms with Gasteiger partial charge in [-0.05, 0) is 24.0 Å². The van der Waals surface area contributed by atoms with Crippen LogP contribution in [0.25, 0.3) is 23.3 Å². The maximum Gasteiger partial charge on any atom is 1.00 e. The van der Waals surface area contributed by atoms with Crippen LogP contribution in [-0.4, -0.2) is 9.97 Å². The third kappa shape index (κ3) is 5.79. The Kier molecular flexibility index (Phi) is 13.6. The molecule has 38 heavy (non-hydrogen) atoms. The van der Waals surface area contributed by atoms with E-state index in [-0.39, 0.29) is 206 Å². The van der Waals surface area contributed by atoms with Crippen molar-refractivity contribution in [2.75, 3.05) is 0 Å². The molecule has 0 N–H and O–H groups in total. The Labute approximate surface area is 390 Å². The van der Waals surface area contributed by atoms with Crippen molar-refractivity contribution in [3.05, 3.63) is 104 Å². The van der Waals surface area contributed by atoms with E-state index in [1.807, 2.05) is 12.2 Å². The first kappa shape index (κ1) is 35.6. The Morgan fingerprint density at radius 2 is 0.816 bits per heavy atom. The minimum absolute atomic E-state index is 0. The molecule has 4 aliphatic carbocycles. The van der Waals surface area contributed by atoms with Gasteiger partial charge in [-0.3, -0.25) is 0 Å². The average Bonchev–Trinajstić information content (AvgIpc) is 2.88. The third-order valence-corrected chi connectivity index (χ3v) is 7.46. The summed E-state index contributed by atoms with van der Waals surface area (Å²) in [7, 11) is 0. The molecule has 4 aliphatic rings. The Balaban J connectivity index is 0.000001000. The molecule has 0 fully saturated rings. The zero-order chi connectivity index (χ0) is 23.1. The van der Waals surface area contributed by atoms with E-state index < -0.39 is 24.4 Å². The molecular formula is C28H18K4N2O4. The summed E-state index contributed by atoms with van der Waals surface area (Å²) in [6.07, 6.45) is -0.386. The van der Waals surface area contributed by atoms with Crippen LogP contribution in [0.15, 0.2) is 59.7 Å². The maximum absolute atomic E-state index is 13.5. The van der Waals surface area contributed by atoms with Crippen LogP contribution in [0, 0.1) is 0 Å². The van der Waals surface area contributed by atoms with Crippen molar-refractivity contribution in [2.24, 2.45) is 0 Å². The summed E-state index contributed by atoms with van der Waals surface area (Å²) in [5.41, 5.74) is 4.79. The molecular weight excluding hydrogens is 585 g/mol. The number of rotatable bonds is 0. The van der Waals surface area contributed by atoms with Gasteiger partial charge in [-0.2, -0.15) is 0 Å². The van der Waals surface area contributed by atoms with Crippen LogP contribution < -0.4 is 237 Å². The number of hydrogen-bond donors (Lipinski definition) is 0. The van der Waals surface area contributed by atoms with Crippen LogP contribution in [0.3, 0.4) is 0 Å². The molecule has 4 atom stereocenters. The van der Waals surface area contributed by atoms with E-state index >= 15 is 0 Å². The largest absolute Gasteiger partial charge is 1.00 e. The van der Waals surface area contributed by atoms with E-state index in [9.17, 15) is 20.4 Å². The van der Waals surface area contributed by atoms with Gasteiger partial charge in [-0.1, -0.05) is 118 Å². The van der Waals surface area contributed by atoms with Crippen molar-refractivity contribution in [3.63, 3.8) is 0 Å². The van der Waals surface area contributed by atoms with Crippen LogP contribution in [-0.2, 0) is 0 Å². The van der Waals surface area contributed by atoms with E-state index in [1.165, 1.54) is 0 Å². The summed E-state index contributed by atoms with van der Waals surface area (Å²) in [4.78, 5) is 9.56. The molecule has 1 aromatic heterocycles. The molecule has 0 spiro atoms. The number of nitrogens with zero attached hydrogens (tertiary/aromatic N) is 2. The summed E-state index contributed by atoms with van der Waals surface area (Å²) in [6.45, 7) is 0. The van der Waals surface area contributed by atoms with Gasteiger partial charge in [0.15, 0.2) is 0 Å². The molecule has 1 heterocycles. The second-order valence-corrected chi connectivity index (χ2v) is 9.16. The first-order valence-electron chi connectivity index (χ1n) is 11.4. The zero-order valence-corrected chi connectivity index (χ0v) is 34.5. The maximum atomic E-state index is 13.5. The Hall–Kier alpha value is 3.13. The van der Waals surface area contributed by atoms with Gasteiger partial charge in [0.25, 0.3) is 0 Å². The van der Waals surface area contributed by atoms with Gasteiger partial charge in [-0.25, -0.2) is 9.97 Å². The number of fused-ring (bicyclic) bond motifs is 6. The number of aromatic nitrogens is 2. The summed E-state index contributed by atoms with van der Waals surface area (Å²) in [5.74, 6) is 0. The molecule has 0 radical (unpaired) electrons. The van der Waals surface area contributed by atoms with Crippen LogP contribution in [0.5, 0.6) is 0 Å².